The highest BCUT2D eigenvalue weighted by atomic mass is 32.2. The van der Waals surface area contributed by atoms with E-state index in [2.05, 4.69) is 15.0 Å². The molecular formula is C39H36N6O6S3. The summed E-state index contributed by atoms with van der Waals surface area (Å²) in [6, 6.07) is 30.2. The number of H-pyrrole nitrogens is 1. The van der Waals surface area contributed by atoms with E-state index in [9.17, 15) is 23.1 Å². The molecule has 15 heteroatoms. The number of fused-ring (bicyclic) bond motifs is 2. The van der Waals surface area contributed by atoms with Crippen molar-refractivity contribution in [2.45, 2.75) is 36.0 Å². The summed E-state index contributed by atoms with van der Waals surface area (Å²) in [5.41, 5.74) is 11.8. The lowest BCUT2D eigenvalue weighted by molar-refractivity contribution is -0.131. The maximum atomic E-state index is 14.5. The number of nitrogens with zero attached hydrogens (tertiary/aromatic N) is 4. The van der Waals surface area contributed by atoms with Crippen molar-refractivity contribution >= 4 is 65.9 Å². The number of carbonyl (C=O) groups is 2. The van der Waals surface area contributed by atoms with Crippen LogP contribution in [0.2, 0.25) is 0 Å². The molecule has 0 bridgehead atoms. The average molecular weight is 781 g/mol. The Morgan fingerprint density at radius 3 is 2.30 bits per heavy atom. The monoisotopic (exact) mass is 780 g/mol. The van der Waals surface area contributed by atoms with Gasteiger partial charge in [-0.3, -0.25) is 4.79 Å². The first kappa shape index (κ1) is 37.0. The second kappa shape index (κ2) is 16.0. The number of aromatic nitrogens is 3. The number of imide groups is 1. The molecule has 4 N–H and O–H groups in total. The van der Waals surface area contributed by atoms with Gasteiger partial charge in [0.15, 0.2) is 0 Å². The molecule has 12 nitrogen and oxygen atoms in total. The number of thiazole rings is 1. The summed E-state index contributed by atoms with van der Waals surface area (Å²) < 4.78 is 36.0. The first-order valence-electron chi connectivity index (χ1n) is 16.9. The number of aliphatic hydroxyl groups is 1. The summed E-state index contributed by atoms with van der Waals surface area (Å²) in [6.45, 7) is -0.860. The van der Waals surface area contributed by atoms with Crippen molar-refractivity contribution in [2.24, 2.45) is 5.73 Å². The standard InChI is InChI=1S/C39H36N6O6S3/c1-51-39(48)44(38(47)36(40)35(25-9-4-2-5-10-25)26-11-6-3-7-12-26)22-29-14-17-33(53-29)32(23-46)45(21-28-19-27-13-8-18-41-37(27)43-28)54(49,50)30-15-16-31-34(20-30)52-24-42-31/h2-20,24,32,35-36,46H,21-23,40H2,1H3,(H,41,43)/t32-,36+/m1/s1. The van der Waals surface area contributed by atoms with E-state index < -0.39 is 46.6 Å². The molecular weight excluding hydrogens is 745 g/mol. The Kier molecular flexibility index (Phi) is 11.0. The van der Waals surface area contributed by atoms with Gasteiger partial charge in [0.2, 0.25) is 15.9 Å². The summed E-state index contributed by atoms with van der Waals surface area (Å²) >= 11 is 2.50. The van der Waals surface area contributed by atoms with Gasteiger partial charge in [-0.1, -0.05) is 60.7 Å². The molecule has 0 spiro atoms. The van der Waals surface area contributed by atoms with Crippen molar-refractivity contribution in [1.82, 2.24) is 24.2 Å². The number of methoxy groups -OCH3 is 1. The Morgan fingerprint density at radius 2 is 1.63 bits per heavy atom. The zero-order valence-corrected chi connectivity index (χ0v) is 31.4. The number of rotatable bonds is 13. The minimum atomic E-state index is -4.22. The number of thiophene rings is 1. The second-order valence-corrected chi connectivity index (χ2v) is 16.5. The Hall–Kier alpha value is -5.29. The molecule has 0 aliphatic carbocycles. The van der Waals surface area contributed by atoms with Crippen LogP contribution < -0.4 is 5.73 Å². The number of hydrogen-bond acceptors (Lipinski definition) is 11. The highest BCUT2D eigenvalue weighted by Gasteiger charge is 2.37. The van der Waals surface area contributed by atoms with Crippen LogP contribution in [0.1, 0.15) is 38.5 Å². The van der Waals surface area contributed by atoms with Gasteiger partial charge in [-0.15, -0.1) is 22.7 Å². The number of nitrogens with two attached hydrogens (primary N) is 1. The molecule has 0 saturated carbocycles. The van der Waals surface area contributed by atoms with Crippen LogP contribution in [0.5, 0.6) is 0 Å². The van der Waals surface area contributed by atoms with Gasteiger partial charge in [-0.25, -0.2) is 28.1 Å². The lowest BCUT2D eigenvalue weighted by atomic mass is 9.85. The van der Waals surface area contributed by atoms with Crippen LogP contribution in [0.15, 0.2) is 126 Å². The maximum absolute atomic E-state index is 14.5. The van der Waals surface area contributed by atoms with E-state index in [1.807, 2.05) is 72.8 Å². The molecule has 3 aromatic carbocycles. The number of nitrogens with one attached hydrogen (secondary N) is 1. The predicted octanol–water partition coefficient (Wildman–Crippen LogP) is 6.41. The third-order valence-corrected chi connectivity index (χ3v) is 13.0. The third kappa shape index (κ3) is 7.55. The topological polar surface area (TPSA) is 172 Å². The summed E-state index contributed by atoms with van der Waals surface area (Å²) in [5.74, 6) is -1.21. The molecule has 0 unspecified atom stereocenters. The molecule has 2 amide bonds. The van der Waals surface area contributed by atoms with E-state index in [4.69, 9.17) is 10.5 Å². The van der Waals surface area contributed by atoms with Crippen LogP contribution in [0.4, 0.5) is 4.79 Å². The molecule has 54 heavy (non-hydrogen) atoms. The zero-order valence-electron chi connectivity index (χ0n) is 29.0. The fraction of sp³-hybridized carbons (Fsp3) is 0.179. The first-order chi connectivity index (χ1) is 26.2. The van der Waals surface area contributed by atoms with Crippen LogP contribution in [0.25, 0.3) is 21.3 Å². The quantitative estimate of drug-likeness (QED) is 0.120. The van der Waals surface area contributed by atoms with Crippen LogP contribution in [0.3, 0.4) is 0 Å². The Morgan fingerprint density at radius 1 is 0.907 bits per heavy atom. The average Bonchev–Trinajstić information content (AvgIpc) is 3.97. The first-order valence-corrected chi connectivity index (χ1v) is 20.0. The van der Waals surface area contributed by atoms with Crippen LogP contribution in [0, 0.1) is 0 Å². The predicted molar refractivity (Wildman–Crippen MR) is 208 cm³/mol. The molecule has 0 aliphatic heterocycles. The maximum Gasteiger partial charge on any atom is 0.416 e. The summed E-state index contributed by atoms with van der Waals surface area (Å²) in [7, 11) is -3.03. The number of aliphatic hydroxyl groups excluding tert-OH is 1. The molecule has 0 saturated heterocycles. The Labute approximate surface area is 319 Å². The molecule has 4 heterocycles. The van der Waals surface area contributed by atoms with E-state index in [0.29, 0.717) is 31.3 Å². The minimum absolute atomic E-state index is 0.0477. The zero-order chi connectivity index (χ0) is 37.8. The van der Waals surface area contributed by atoms with Crippen LogP contribution >= 0.6 is 22.7 Å². The number of carbonyl (C=O) groups excluding carboxylic acids is 2. The molecule has 2 atom stereocenters. The van der Waals surface area contributed by atoms with Gasteiger partial charge in [0, 0.05) is 32.9 Å². The van der Waals surface area contributed by atoms with Gasteiger partial charge in [0.1, 0.15) is 5.65 Å². The third-order valence-electron chi connectivity index (χ3n) is 9.15. The highest BCUT2D eigenvalue weighted by molar-refractivity contribution is 7.89. The van der Waals surface area contributed by atoms with E-state index >= 15 is 0 Å². The Bertz CT molecular complexity index is 2430. The van der Waals surface area contributed by atoms with Gasteiger partial charge >= 0.3 is 6.09 Å². The van der Waals surface area contributed by atoms with E-state index in [0.717, 1.165) is 21.4 Å². The number of ether oxygens (including phenoxy) is 1. The SMILES string of the molecule is COC(=O)N(Cc1ccc([C@@H](CO)N(Cc2cc3cccnc3[nH]2)S(=O)(=O)c2ccc3ncsc3c2)s1)C(=O)[C@@H](N)C(c1ccccc1)c1ccccc1. The largest absolute Gasteiger partial charge is 0.452 e. The van der Waals surface area contributed by atoms with E-state index in [-0.39, 0.29) is 18.0 Å². The van der Waals surface area contributed by atoms with Crippen molar-refractivity contribution in [2.75, 3.05) is 13.7 Å². The number of hydrogen-bond donors (Lipinski definition) is 3. The van der Waals surface area contributed by atoms with Gasteiger partial charge in [-0.05, 0) is 59.7 Å². The van der Waals surface area contributed by atoms with E-state index in [1.54, 1.807) is 42.0 Å². The van der Waals surface area contributed by atoms with Gasteiger partial charge in [0.05, 0.1) is 59.5 Å². The minimum Gasteiger partial charge on any atom is -0.452 e. The van der Waals surface area contributed by atoms with Crippen molar-refractivity contribution in [3.63, 3.8) is 0 Å². The van der Waals surface area contributed by atoms with Crippen molar-refractivity contribution in [3.05, 3.63) is 147 Å². The van der Waals surface area contributed by atoms with Gasteiger partial charge < -0.3 is 20.6 Å². The fourth-order valence-electron chi connectivity index (χ4n) is 6.49. The molecule has 0 aliphatic rings. The Balaban J connectivity index is 1.21. The summed E-state index contributed by atoms with van der Waals surface area (Å²) in [5, 5.41) is 11.7. The number of amides is 2. The number of benzene rings is 3. The fourth-order valence-corrected chi connectivity index (χ4v) is 10.1. The molecule has 0 radical (unpaired) electrons. The van der Waals surface area contributed by atoms with E-state index in [1.165, 1.54) is 40.2 Å². The van der Waals surface area contributed by atoms with Crippen molar-refractivity contribution in [1.29, 1.82) is 0 Å². The van der Waals surface area contributed by atoms with Gasteiger partial charge in [0.25, 0.3) is 0 Å². The van der Waals surface area contributed by atoms with Crippen molar-refractivity contribution < 1.29 is 27.9 Å². The molecule has 0 fully saturated rings. The smallest absolute Gasteiger partial charge is 0.416 e. The van der Waals surface area contributed by atoms with Crippen LogP contribution in [-0.4, -0.2) is 69.4 Å². The second-order valence-electron chi connectivity index (χ2n) is 12.5. The number of aromatic amines is 1. The summed E-state index contributed by atoms with van der Waals surface area (Å²) in [4.78, 5) is 41.2. The lowest BCUT2D eigenvalue weighted by Crippen LogP contribution is -2.49. The molecule has 276 valence electrons. The van der Waals surface area contributed by atoms with Gasteiger partial charge in [-0.2, -0.15) is 4.31 Å². The molecule has 7 rings (SSSR count). The highest BCUT2D eigenvalue weighted by Crippen LogP contribution is 2.36. The lowest BCUT2D eigenvalue weighted by Gasteiger charge is -2.29. The molecule has 4 aromatic heterocycles. The summed E-state index contributed by atoms with van der Waals surface area (Å²) in [6.07, 6.45) is 0.753. The number of pyridine rings is 1. The normalized spacial score (nSPS) is 13.1. The van der Waals surface area contributed by atoms with Crippen LogP contribution in [-0.2, 0) is 32.6 Å². The molecule has 7 aromatic rings. The van der Waals surface area contributed by atoms with Crippen molar-refractivity contribution in [3.8, 4) is 0 Å². The number of sulfonamides is 1.